The third-order valence-electron chi connectivity index (χ3n) is 4.22. The molecule has 2 aromatic carbocycles. The summed E-state index contributed by atoms with van der Waals surface area (Å²) in [5, 5.41) is 9.63. The molecule has 0 fully saturated rings. The van der Waals surface area contributed by atoms with Crippen molar-refractivity contribution in [3.63, 3.8) is 0 Å². The lowest BCUT2D eigenvalue weighted by Crippen LogP contribution is -2.44. The highest BCUT2D eigenvalue weighted by molar-refractivity contribution is 5.84. The van der Waals surface area contributed by atoms with E-state index in [-0.39, 0.29) is 12.4 Å². The van der Waals surface area contributed by atoms with E-state index in [1.54, 1.807) is 12.1 Å². The molecular formula is C19H19NO5. The van der Waals surface area contributed by atoms with E-state index in [4.69, 9.17) is 9.47 Å². The summed E-state index contributed by atoms with van der Waals surface area (Å²) < 4.78 is 10.2. The Bertz CT molecular complexity index is 775. The Kier molecular flexibility index (Phi) is 4.88. The lowest BCUT2D eigenvalue weighted by molar-refractivity contribution is -0.147. The van der Waals surface area contributed by atoms with Crippen LogP contribution in [0.3, 0.4) is 0 Å². The quantitative estimate of drug-likeness (QED) is 0.869. The fourth-order valence-electron chi connectivity index (χ4n) is 2.98. The number of carbonyl (C=O) groups is 2. The lowest BCUT2D eigenvalue weighted by atomic mass is 9.92. The molecule has 1 aliphatic rings. The molecule has 2 aromatic rings. The van der Waals surface area contributed by atoms with Gasteiger partial charge in [-0.15, -0.1) is 0 Å². The smallest absolute Gasteiger partial charge is 0.411 e. The van der Waals surface area contributed by atoms with E-state index in [0.29, 0.717) is 18.5 Å². The van der Waals surface area contributed by atoms with E-state index < -0.39 is 18.1 Å². The summed E-state index contributed by atoms with van der Waals surface area (Å²) in [7, 11) is 1.28. The molecule has 1 aliphatic heterocycles. The number of fused-ring (bicyclic) bond motifs is 1. The minimum absolute atomic E-state index is 0.127. The topological polar surface area (TPSA) is 76.1 Å². The second-order valence-electron chi connectivity index (χ2n) is 5.79. The largest absolute Gasteiger partial charge is 0.508 e. The number of esters is 1. The zero-order valence-corrected chi connectivity index (χ0v) is 13.8. The Balaban J connectivity index is 1.80. The third kappa shape index (κ3) is 3.57. The van der Waals surface area contributed by atoms with Crippen LogP contribution in [0.2, 0.25) is 0 Å². The molecule has 1 heterocycles. The SMILES string of the molecule is COC(=O)C1c2ccc(O)cc2CCN1C(=O)OCc1ccccc1. The van der Waals surface area contributed by atoms with Crippen LogP contribution >= 0.6 is 0 Å². The molecule has 0 aliphatic carbocycles. The summed E-state index contributed by atoms with van der Waals surface area (Å²) >= 11 is 0. The highest BCUT2D eigenvalue weighted by atomic mass is 16.6. The van der Waals surface area contributed by atoms with E-state index >= 15 is 0 Å². The Hall–Kier alpha value is -3.02. The van der Waals surface area contributed by atoms with Gasteiger partial charge >= 0.3 is 12.1 Å². The van der Waals surface area contributed by atoms with Gasteiger partial charge in [0.05, 0.1) is 7.11 Å². The molecule has 1 unspecified atom stereocenters. The molecule has 0 aromatic heterocycles. The first-order valence-electron chi connectivity index (χ1n) is 7.97. The first-order valence-corrected chi connectivity index (χ1v) is 7.97. The first-order chi connectivity index (χ1) is 12.1. The Labute approximate surface area is 145 Å². The fourth-order valence-corrected chi connectivity index (χ4v) is 2.98. The van der Waals surface area contributed by atoms with Gasteiger partial charge in [-0.2, -0.15) is 0 Å². The minimum atomic E-state index is -0.877. The average Bonchev–Trinajstić information content (AvgIpc) is 2.65. The number of hydrogen-bond acceptors (Lipinski definition) is 5. The summed E-state index contributed by atoms with van der Waals surface area (Å²) in [6, 6.07) is 13.2. The molecule has 25 heavy (non-hydrogen) atoms. The fraction of sp³-hybridized carbons (Fsp3) is 0.263. The zero-order valence-electron chi connectivity index (χ0n) is 13.8. The van der Waals surface area contributed by atoms with Crippen molar-refractivity contribution in [1.29, 1.82) is 0 Å². The van der Waals surface area contributed by atoms with Gasteiger partial charge in [0, 0.05) is 6.54 Å². The van der Waals surface area contributed by atoms with E-state index in [0.717, 1.165) is 11.1 Å². The zero-order chi connectivity index (χ0) is 17.8. The molecule has 0 saturated heterocycles. The Morgan fingerprint density at radius 1 is 1.20 bits per heavy atom. The Morgan fingerprint density at radius 3 is 2.68 bits per heavy atom. The van der Waals surface area contributed by atoms with Gasteiger partial charge in [0.25, 0.3) is 0 Å². The molecule has 1 atom stereocenters. The number of ether oxygens (including phenoxy) is 2. The number of carbonyl (C=O) groups excluding carboxylic acids is 2. The highest BCUT2D eigenvalue weighted by Gasteiger charge is 2.37. The molecule has 0 bridgehead atoms. The van der Waals surface area contributed by atoms with Crippen LogP contribution < -0.4 is 0 Å². The number of aromatic hydroxyl groups is 1. The number of phenolic OH excluding ortho intramolecular Hbond substituents is 1. The molecule has 3 rings (SSSR count). The van der Waals surface area contributed by atoms with Crippen LogP contribution in [0.25, 0.3) is 0 Å². The van der Waals surface area contributed by atoms with Crippen LogP contribution in [0.5, 0.6) is 5.75 Å². The molecule has 1 N–H and O–H groups in total. The van der Waals surface area contributed by atoms with Crippen molar-refractivity contribution in [1.82, 2.24) is 4.90 Å². The summed E-state index contributed by atoms with van der Waals surface area (Å²) in [4.78, 5) is 26.2. The molecule has 1 amide bonds. The average molecular weight is 341 g/mol. The summed E-state index contributed by atoms with van der Waals surface area (Å²) in [5.41, 5.74) is 2.34. The monoisotopic (exact) mass is 341 g/mol. The highest BCUT2D eigenvalue weighted by Crippen LogP contribution is 2.33. The molecule has 130 valence electrons. The second kappa shape index (κ2) is 7.25. The molecular weight excluding hydrogens is 322 g/mol. The standard InChI is InChI=1S/C19H19NO5/c1-24-18(22)17-16-8-7-15(21)11-14(16)9-10-20(17)19(23)25-12-13-5-3-2-4-6-13/h2-8,11,17,21H,9-10,12H2,1H3. The second-order valence-corrected chi connectivity index (χ2v) is 5.79. The number of hydrogen-bond donors (Lipinski definition) is 1. The number of amides is 1. The van der Waals surface area contributed by atoms with Gasteiger partial charge in [-0.1, -0.05) is 36.4 Å². The maximum atomic E-state index is 12.5. The maximum Gasteiger partial charge on any atom is 0.411 e. The van der Waals surface area contributed by atoms with Crippen LogP contribution in [0, 0.1) is 0 Å². The van der Waals surface area contributed by atoms with Gasteiger partial charge in [-0.25, -0.2) is 9.59 Å². The van der Waals surface area contributed by atoms with Crippen molar-refractivity contribution in [2.24, 2.45) is 0 Å². The first kappa shape index (κ1) is 16.8. The number of nitrogens with zero attached hydrogens (tertiary/aromatic N) is 1. The van der Waals surface area contributed by atoms with Crippen molar-refractivity contribution in [2.45, 2.75) is 19.1 Å². The van der Waals surface area contributed by atoms with Gasteiger partial charge in [-0.3, -0.25) is 4.90 Å². The van der Waals surface area contributed by atoms with Gasteiger partial charge < -0.3 is 14.6 Å². The summed E-state index contributed by atoms with van der Waals surface area (Å²) in [6.07, 6.45) is -0.0459. The number of methoxy groups -OCH3 is 1. The summed E-state index contributed by atoms with van der Waals surface area (Å²) in [6.45, 7) is 0.441. The van der Waals surface area contributed by atoms with Gasteiger partial charge in [0.2, 0.25) is 0 Å². The van der Waals surface area contributed by atoms with Crippen LogP contribution in [0.1, 0.15) is 22.7 Å². The van der Waals surface area contributed by atoms with Crippen LogP contribution in [0.4, 0.5) is 4.79 Å². The number of rotatable bonds is 3. The van der Waals surface area contributed by atoms with E-state index in [2.05, 4.69) is 0 Å². The lowest BCUT2D eigenvalue weighted by Gasteiger charge is -2.34. The van der Waals surface area contributed by atoms with Crippen LogP contribution in [-0.4, -0.2) is 35.7 Å². The molecule has 0 saturated carbocycles. The summed E-state index contributed by atoms with van der Waals surface area (Å²) in [5.74, 6) is -0.411. The van der Waals surface area contributed by atoms with Crippen molar-refractivity contribution in [2.75, 3.05) is 13.7 Å². The van der Waals surface area contributed by atoms with Gasteiger partial charge in [0.15, 0.2) is 6.04 Å². The van der Waals surface area contributed by atoms with Gasteiger partial charge in [-0.05, 0) is 35.2 Å². The molecule has 6 nitrogen and oxygen atoms in total. The minimum Gasteiger partial charge on any atom is -0.508 e. The van der Waals surface area contributed by atoms with E-state index in [9.17, 15) is 14.7 Å². The van der Waals surface area contributed by atoms with E-state index in [1.165, 1.54) is 18.1 Å². The molecule has 0 radical (unpaired) electrons. The van der Waals surface area contributed by atoms with Crippen molar-refractivity contribution in [3.05, 3.63) is 65.2 Å². The predicted octanol–water partition coefficient (Wildman–Crippen LogP) is 2.80. The van der Waals surface area contributed by atoms with Crippen molar-refractivity contribution in [3.8, 4) is 5.75 Å². The maximum absolute atomic E-state index is 12.5. The Morgan fingerprint density at radius 2 is 1.96 bits per heavy atom. The predicted molar refractivity (Wildman–Crippen MR) is 89.9 cm³/mol. The number of benzene rings is 2. The molecule has 0 spiro atoms. The third-order valence-corrected chi connectivity index (χ3v) is 4.22. The number of phenols is 1. The van der Waals surface area contributed by atoms with Crippen LogP contribution in [-0.2, 0) is 27.3 Å². The molecule has 6 heteroatoms. The normalized spacial score (nSPS) is 16.0. The van der Waals surface area contributed by atoms with Gasteiger partial charge in [0.1, 0.15) is 12.4 Å². The van der Waals surface area contributed by atoms with Crippen LogP contribution in [0.15, 0.2) is 48.5 Å². The van der Waals surface area contributed by atoms with E-state index in [1.807, 2.05) is 30.3 Å². The van der Waals surface area contributed by atoms with Crippen molar-refractivity contribution >= 4 is 12.1 Å². The van der Waals surface area contributed by atoms with Crippen molar-refractivity contribution < 1.29 is 24.2 Å².